The first-order chi connectivity index (χ1) is 15.2. The SMILES string of the molecule is Cc1nc(COc2ccc(C(=O)Nc3ncccc3OCc3ccncc3)cc2)cs1. The number of hydrogen-bond donors (Lipinski definition) is 1. The van der Waals surface area contributed by atoms with Gasteiger partial charge >= 0.3 is 0 Å². The van der Waals surface area contributed by atoms with Gasteiger partial charge in [0.15, 0.2) is 11.6 Å². The van der Waals surface area contributed by atoms with Crippen LogP contribution in [-0.4, -0.2) is 20.9 Å². The molecule has 1 amide bonds. The molecule has 0 unspecified atom stereocenters. The number of carbonyl (C=O) groups excluding carboxylic acids is 1. The van der Waals surface area contributed by atoms with Crippen LogP contribution in [-0.2, 0) is 13.2 Å². The van der Waals surface area contributed by atoms with Crippen molar-refractivity contribution in [1.82, 2.24) is 15.0 Å². The molecule has 8 heteroatoms. The van der Waals surface area contributed by atoms with Crippen molar-refractivity contribution >= 4 is 23.1 Å². The van der Waals surface area contributed by atoms with E-state index in [9.17, 15) is 4.79 Å². The summed E-state index contributed by atoms with van der Waals surface area (Å²) in [6.45, 7) is 2.70. The van der Waals surface area contributed by atoms with Gasteiger partial charge in [-0.3, -0.25) is 9.78 Å². The quantitative estimate of drug-likeness (QED) is 0.436. The number of ether oxygens (including phenoxy) is 2. The smallest absolute Gasteiger partial charge is 0.256 e. The Bertz CT molecular complexity index is 1150. The number of hydrogen-bond acceptors (Lipinski definition) is 7. The number of thiazole rings is 1. The van der Waals surface area contributed by atoms with Crippen LogP contribution in [0.4, 0.5) is 5.82 Å². The van der Waals surface area contributed by atoms with Crippen LogP contribution in [0.15, 0.2) is 72.5 Å². The lowest BCUT2D eigenvalue weighted by Gasteiger charge is -2.12. The zero-order chi connectivity index (χ0) is 21.5. The summed E-state index contributed by atoms with van der Waals surface area (Å²) in [5, 5.41) is 5.78. The molecule has 0 aliphatic heterocycles. The van der Waals surface area contributed by atoms with Crippen LogP contribution >= 0.6 is 11.3 Å². The summed E-state index contributed by atoms with van der Waals surface area (Å²) in [6, 6.07) is 14.2. The maximum Gasteiger partial charge on any atom is 0.256 e. The molecule has 0 bridgehead atoms. The molecule has 3 heterocycles. The van der Waals surface area contributed by atoms with Crippen molar-refractivity contribution in [2.75, 3.05) is 5.32 Å². The fourth-order valence-electron chi connectivity index (χ4n) is 2.76. The molecule has 0 radical (unpaired) electrons. The van der Waals surface area contributed by atoms with Gasteiger partial charge in [0.1, 0.15) is 19.0 Å². The second-order valence-electron chi connectivity index (χ2n) is 6.62. The number of benzene rings is 1. The third-order valence-electron chi connectivity index (χ3n) is 4.32. The summed E-state index contributed by atoms with van der Waals surface area (Å²) in [5.41, 5.74) is 2.35. The fraction of sp³-hybridized carbons (Fsp3) is 0.130. The van der Waals surface area contributed by atoms with E-state index in [-0.39, 0.29) is 5.91 Å². The van der Waals surface area contributed by atoms with E-state index < -0.39 is 0 Å². The predicted molar refractivity (Wildman–Crippen MR) is 118 cm³/mol. The molecular weight excluding hydrogens is 412 g/mol. The maximum absolute atomic E-state index is 12.7. The largest absolute Gasteiger partial charge is 0.487 e. The molecule has 0 spiro atoms. The lowest BCUT2D eigenvalue weighted by atomic mass is 10.2. The lowest BCUT2D eigenvalue weighted by Crippen LogP contribution is -2.14. The minimum Gasteiger partial charge on any atom is -0.487 e. The van der Waals surface area contributed by atoms with Crippen molar-refractivity contribution in [2.45, 2.75) is 20.1 Å². The number of amides is 1. The number of nitrogens with one attached hydrogen (secondary N) is 1. The van der Waals surface area contributed by atoms with Crippen molar-refractivity contribution < 1.29 is 14.3 Å². The monoisotopic (exact) mass is 432 g/mol. The summed E-state index contributed by atoms with van der Waals surface area (Å²) >= 11 is 1.59. The Labute approximate surface area is 183 Å². The van der Waals surface area contributed by atoms with Gasteiger partial charge < -0.3 is 14.8 Å². The molecule has 0 aliphatic rings. The van der Waals surface area contributed by atoms with Gasteiger partial charge in [-0.2, -0.15) is 0 Å². The van der Waals surface area contributed by atoms with E-state index in [4.69, 9.17) is 9.47 Å². The molecule has 1 aromatic carbocycles. The first-order valence-electron chi connectivity index (χ1n) is 9.59. The molecule has 1 N–H and O–H groups in total. The predicted octanol–water partition coefficient (Wildman–Crippen LogP) is 4.65. The van der Waals surface area contributed by atoms with Crippen molar-refractivity contribution in [3.63, 3.8) is 0 Å². The van der Waals surface area contributed by atoms with Crippen molar-refractivity contribution in [3.05, 3.63) is 94.3 Å². The van der Waals surface area contributed by atoms with E-state index in [0.717, 1.165) is 16.3 Å². The van der Waals surface area contributed by atoms with E-state index >= 15 is 0 Å². The summed E-state index contributed by atoms with van der Waals surface area (Å²) in [7, 11) is 0. The average Bonchev–Trinajstić information content (AvgIpc) is 3.23. The standard InChI is InChI=1S/C23H20N4O3S/c1-16-26-19(15-31-16)14-29-20-6-4-18(5-7-20)23(28)27-22-21(3-2-10-25-22)30-13-17-8-11-24-12-9-17/h2-12,15H,13-14H2,1H3,(H,25,27,28). The van der Waals surface area contributed by atoms with Crippen LogP contribution in [0.3, 0.4) is 0 Å². The summed E-state index contributed by atoms with van der Waals surface area (Å²) < 4.78 is 11.6. The highest BCUT2D eigenvalue weighted by atomic mass is 32.1. The molecule has 156 valence electrons. The first-order valence-corrected chi connectivity index (χ1v) is 10.5. The van der Waals surface area contributed by atoms with Crippen LogP contribution in [0.25, 0.3) is 0 Å². The molecule has 0 saturated heterocycles. The van der Waals surface area contributed by atoms with Gasteiger partial charge in [-0.05, 0) is 61.0 Å². The zero-order valence-corrected chi connectivity index (χ0v) is 17.6. The molecule has 0 aliphatic carbocycles. The molecule has 31 heavy (non-hydrogen) atoms. The number of aryl methyl sites for hydroxylation is 1. The second-order valence-corrected chi connectivity index (χ2v) is 7.68. The number of pyridine rings is 2. The number of carbonyl (C=O) groups is 1. The van der Waals surface area contributed by atoms with Crippen LogP contribution in [0.1, 0.15) is 26.6 Å². The third-order valence-corrected chi connectivity index (χ3v) is 5.14. The number of anilines is 1. The van der Waals surface area contributed by atoms with E-state index in [2.05, 4.69) is 20.3 Å². The fourth-order valence-corrected chi connectivity index (χ4v) is 3.35. The third kappa shape index (κ3) is 5.64. The van der Waals surface area contributed by atoms with Crippen LogP contribution in [0.5, 0.6) is 11.5 Å². The van der Waals surface area contributed by atoms with Crippen molar-refractivity contribution in [1.29, 1.82) is 0 Å². The highest BCUT2D eigenvalue weighted by Gasteiger charge is 2.12. The van der Waals surface area contributed by atoms with Gasteiger partial charge in [0.2, 0.25) is 0 Å². The molecule has 7 nitrogen and oxygen atoms in total. The van der Waals surface area contributed by atoms with E-state index in [1.165, 1.54) is 0 Å². The Morgan fingerprint density at radius 2 is 1.81 bits per heavy atom. The Balaban J connectivity index is 1.36. The Morgan fingerprint density at radius 3 is 2.55 bits per heavy atom. The van der Waals surface area contributed by atoms with Gasteiger partial charge in [-0.25, -0.2) is 9.97 Å². The zero-order valence-electron chi connectivity index (χ0n) is 16.8. The number of rotatable bonds is 8. The highest BCUT2D eigenvalue weighted by Crippen LogP contribution is 2.23. The topological polar surface area (TPSA) is 86.2 Å². The van der Waals surface area contributed by atoms with E-state index in [1.807, 2.05) is 24.4 Å². The van der Waals surface area contributed by atoms with Gasteiger partial charge in [-0.15, -0.1) is 11.3 Å². The molecular formula is C23H20N4O3S. The van der Waals surface area contributed by atoms with Gasteiger partial charge in [0.25, 0.3) is 5.91 Å². The Hall–Kier alpha value is -3.78. The van der Waals surface area contributed by atoms with Crippen LogP contribution in [0.2, 0.25) is 0 Å². The lowest BCUT2D eigenvalue weighted by molar-refractivity contribution is 0.102. The van der Waals surface area contributed by atoms with Crippen LogP contribution in [0, 0.1) is 6.92 Å². The second kappa shape index (κ2) is 9.82. The summed E-state index contributed by atoms with van der Waals surface area (Å²) in [6.07, 6.45) is 5.01. The molecule has 4 rings (SSSR count). The van der Waals surface area contributed by atoms with Crippen molar-refractivity contribution in [3.8, 4) is 11.5 Å². The average molecular weight is 433 g/mol. The van der Waals surface area contributed by atoms with Gasteiger partial charge in [0, 0.05) is 29.5 Å². The van der Waals surface area contributed by atoms with E-state index in [0.29, 0.717) is 36.1 Å². The van der Waals surface area contributed by atoms with Crippen LogP contribution < -0.4 is 14.8 Å². The number of nitrogens with zero attached hydrogens (tertiary/aromatic N) is 3. The normalized spacial score (nSPS) is 10.5. The minimum atomic E-state index is -0.283. The highest BCUT2D eigenvalue weighted by molar-refractivity contribution is 7.09. The van der Waals surface area contributed by atoms with Gasteiger partial charge in [-0.1, -0.05) is 0 Å². The molecule has 0 fully saturated rings. The molecule has 4 aromatic rings. The molecule has 0 atom stereocenters. The summed E-state index contributed by atoms with van der Waals surface area (Å²) in [4.78, 5) is 25.3. The Kier molecular flexibility index (Phi) is 6.49. The minimum absolute atomic E-state index is 0.283. The maximum atomic E-state index is 12.7. The molecule has 3 aromatic heterocycles. The van der Waals surface area contributed by atoms with Gasteiger partial charge in [0.05, 0.1) is 10.7 Å². The number of aromatic nitrogens is 3. The Morgan fingerprint density at radius 1 is 1.00 bits per heavy atom. The molecule has 0 saturated carbocycles. The summed E-state index contributed by atoms with van der Waals surface area (Å²) in [5.74, 6) is 1.24. The van der Waals surface area contributed by atoms with Crippen molar-refractivity contribution in [2.24, 2.45) is 0 Å². The first kappa shape index (κ1) is 20.5. The van der Waals surface area contributed by atoms with E-state index in [1.54, 1.807) is 66.3 Å².